The topological polar surface area (TPSA) is 55.4 Å². The maximum atomic E-state index is 13.3. The minimum absolute atomic E-state index is 0.131. The molecule has 1 rings (SSSR count). The second-order valence-electron chi connectivity index (χ2n) is 5.55. The number of carbonyl (C=O) groups is 2. The van der Waals surface area contributed by atoms with Gasteiger partial charge in [0.1, 0.15) is 11.9 Å². The highest BCUT2D eigenvalue weighted by Crippen LogP contribution is 2.32. The van der Waals surface area contributed by atoms with Crippen molar-refractivity contribution >= 4 is 11.9 Å². The predicted octanol–water partition coefficient (Wildman–Crippen LogP) is 3.55. The quantitative estimate of drug-likeness (QED) is 0.631. The van der Waals surface area contributed by atoms with Crippen LogP contribution in [0.1, 0.15) is 43.1 Å². The third-order valence-corrected chi connectivity index (χ3v) is 3.19. The molecule has 1 amide bonds. The molecular formula is C16H19F4NO3. The zero-order valence-corrected chi connectivity index (χ0v) is 13.5. The van der Waals surface area contributed by atoms with E-state index in [0.717, 1.165) is 0 Å². The molecule has 8 heteroatoms. The molecule has 134 valence electrons. The Morgan fingerprint density at radius 1 is 1.25 bits per heavy atom. The van der Waals surface area contributed by atoms with Crippen molar-refractivity contribution in [3.05, 3.63) is 35.1 Å². The first-order chi connectivity index (χ1) is 11.1. The van der Waals surface area contributed by atoms with Crippen LogP contribution in [0.2, 0.25) is 0 Å². The van der Waals surface area contributed by atoms with Gasteiger partial charge in [-0.05, 0) is 30.5 Å². The summed E-state index contributed by atoms with van der Waals surface area (Å²) < 4.78 is 57.1. The van der Waals surface area contributed by atoms with Gasteiger partial charge in [-0.25, -0.2) is 9.18 Å². The van der Waals surface area contributed by atoms with Crippen LogP contribution in [0.4, 0.5) is 17.6 Å². The van der Waals surface area contributed by atoms with Crippen molar-refractivity contribution in [2.45, 2.75) is 39.4 Å². The summed E-state index contributed by atoms with van der Waals surface area (Å²) in [5.74, 6) is -3.33. The highest BCUT2D eigenvalue weighted by atomic mass is 19.4. The van der Waals surface area contributed by atoms with E-state index in [1.807, 2.05) is 0 Å². The molecule has 1 atom stereocenters. The molecule has 0 radical (unpaired) electrons. The second-order valence-corrected chi connectivity index (χ2v) is 5.55. The lowest BCUT2D eigenvalue weighted by atomic mass is 10.0. The highest BCUT2D eigenvalue weighted by Gasteiger charge is 2.36. The molecule has 4 nitrogen and oxygen atoms in total. The van der Waals surface area contributed by atoms with E-state index in [1.54, 1.807) is 20.8 Å². The lowest BCUT2D eigenvalue weighted by molar-refractivity contribution is -0.147. The summed E-state index contributed by atoms with van der Waals surface area (Å²) in [5.41, 5.74) is -2.15. The Labute approximate surface area is 137 Å². The second kappa shape index (κ2) is 8.12. The number of ether oxygens (including phenoxy) is 1. The summed E-state index contributed by atoms with van der Waals surface area (Å²) in [6, 6.07) is 0.472. The zero-order chi connectivity index (χ0) is 18.5. The maximum absolute atomic E-state index is 13.3. The molecular weight excluding hydrogens is 330 g/mol. The number of hydrogen-bond acceptors (Lipinski definition) is 3. The van der Waals surface area contributed by atoms with Crippen LogP contribution >= 0.6 is 0 Å². The van der Waals surface area contributed by atoms with Gasteiger partial charge >= 0.3 is 12.1 Å². The summed E-state index contributed by atoms with van der Waals surface area (Å²) in [7, 11) is 0. The molecule has 1 N–H and O–H groups in total. The number of rotatable bonds is 6. The first-order valence-corrected chi connectivity index (χ1v) is 7.42. The van der Waals surface area contributed by atoms with Crippen LogP contribution < -0.4 is 5.32 Å². The Morgan fingerprint density at radius 2 is 1.88 bits per heavy atom. The molecule has 0 fully saturated rings. The molecule has 0 heterocycles. The number of hydrogen-bond donors (Lipinski definition) is 1. The van der Waals surface area contributed by atoms with Crippen LogP contribution in [0.25, 0.3) is 0 Å². The van der Waals surface area contributed by atoms with Crippen molar-refractivity contribution in [3.63, 3.8) is 0 Å². The Balaban J connectivity index is 3.08. The van der Waals surface area contributed by atoms with Crippen LogP contribution in [0.3, 0.4) is 0 Å². The van der Waals surface area contributed by atoms with Gasteiger partial charge in [0.05, 0.1) is 17.7 Å². The van der Waals surface area contributed by atoms with Gasteiger partial charge < -0.3 is 10.1 Å². The van der Waals surface area contributed by atoms with Crippen molar-refractivity contribution in [1.29, 1.82) is 0 Å². The molecule has 1 aromatic carbocycles. The van der Waals surface area contributed by atoms with Crippen LogP contribution in [-0.4, -0.2) is 24.5 Å². The van der Waals surface area contributed by atoms with Crippen molar-refractivity contribution in [2.75, 3.05) is 6.61 Å². The van der Waals surface area contributed by atoms with Gasteiger partial charge in [0.25, 0.3) is 5.91 Å². The fourth-order valence-electron chi connectivity index (χ4n) is 1.96. The van der Waals surface area contributed by atoms with Crippen molar-refractivity contribution in [3.8, 4) is 0 Å². The average Bonchev–Trinajstić information content (AvgIpc) is 2.48. The fourth-order valence-corrected chi connectivity index (χ4v) is 1.96. The highest BCUT2D eigenvalue weighted by molar-refractivity contribution is 5.98. The molecule has 0 aliphatic rings. The fraction of sp³-hybridized carbons (Fsp3) is 0.500. The molecule has 0 aromatic heterocycles. The van der Waals surface area contributed by atoms with E-state index in [0.29, 0.717) is 24.6 Å². The largest absolute Gasteiger partial charge is 0.464 e. The minimum atomic E-state index is -4.82. The normalized spacial score (nSPS) is 12.8. The van der Waals surface area contributed by atoms with Crippen LogP contribution in [0, 0.1) is 11.7 Å². The Bertz CT molecular complexity index is 599. The molecule has 0 bridgehead atoms. The van der Waals surface area contributed by atoms with E-state index < -0.39 is 47.0 Å². The minimum Gasteiger partial charge on any atom is -0.464 e. The molecule has 0 aliphatic carbocycles. The summed E-state index contributed by atoms with van der Waals surface area (Å²) >= 11 is 0. The molecule has 0 spiro atoms. The lowest BCUT2D eigenvalue weighted by Gasteiger charge is -2.22. The Morgan fingerprint density at radius 3 is 2.38 bits per heavy atom. The molecule has 0 saturated heterocycles. The SMILES string of the molecule is CCCOC(=O)C(NC(=O)c1cc(F)ccc1C(F)(F)F)C(C)C. The van der Waals surface area contributed by atoms with Crippen LogP contribution in [-0.2, 0) is 15.7 Å². The number of halogens is 4. The lowest BCUT2D eigenvalue weighted by Crippen LogP contribution is -2.45. The van der Waals surface area contributed by atoms with Crippen LogP contribution in [0.15, 0.2) is 18.2 Å². The summed E-state index contributed by atoms with van der Waals surface area (Å²) in [4.78, 5) is 24.1. The van der Waals surface area contributed by atoms with Gasteiger partial charge in [0.2, 0.25) is 0 Å². The summed E-state index contributed by atoms with van der Waals surface area (Å²) in [6.07, 6.45) is -4.26. The van der Waals surface area contributed by atoms with Gasteiger partial charge in [-0.15, -0.1) is 0 Å². The predicted molar refractivity (Wildman–Crippen MR) is 78.7 cm³/mol. The number of benzene rings is 1. The number of nitrogens with one attached hydrogen (secondary N) is 1. The van der Waals surface area contributed by atoms with Crippen molar-refractivity contribution in [1.82, 2.24) is 5.32 Å². The van der Waals surface area contributed by atoms with Gasteiger partial charge in [-0.2, -0.15) is 13.2 Å². The van der Waals surface area contributed by atoms with E-state index in [9.17, 15) is 27.2 Å². The van der Waals surface area contributed by atoms with Crippen molar-refractivity contribution < 1.29 is 31.9 Å². The summed E-state index contributed by atoms with van der Waals surface area (Å²) in [6.45, 7) is 5.12. The van der Waals surface area contributed by atoms with E-state index in [2.05, 4.69) is 5.32 Å². The first kappa shape index (κ1) is 19.9. The monoisotopic (exact) mass is 349 g/mol. The number of carbonyl (C=O) groups excluding carboxylic acids is 2. The third-order valence-electron chi connectivity index (χ3n) is 3.19. The zero-order valence-electron chi connectivity index (χ0n) is 13.5. The van der Waals surface area contributed by atoms with E-state index in [1.165, 1.54) is 0 Å². The van der Waals surface area contributed by atoms with Crippen molar-refractivity contribution in [2.24, 2.45) is 5.92 Å². The smallest absolute Gasteiger partial charge is 0.417 e. The van der Waals surface area contributed by atoms with Gasteiger partial charge in [0.15, 0.2) is 0 Å². The van der Waals surface area contributed by atoms with E-state index in [4.69, 9.17) is 4.74 Å². The van der Waals surface area contributed by atoms with E-state index in [-0.39, 0.29) is 6.61 Å². The number of esters is 1. The third kappa shape index (κ3) is 5.21. The van der Waals surface area contributed by atoms with Gasteiger partial charge in [0, 0.05) is 0 Å². The number of alkyl halides is 3. The number of amides is 1. The molecule has 0 saturated carbocycles. The average molecular weight is 349 g/mol. The van der Waals surface area contributed by atoms with Gasteiger partial charge in [-0.3, -0.25) is 4.79 Å². The first-order valence-electron chi connectivity index (χ1n) is 7.42. The molecule has 0 aliphatic heterocycles. The summed E-state index contributed by atoms with van der Waals surface area (Å²) in [5, 5.41) is 2.20. The molecule has 1 unspecified atom stereocenters. The molecule has 1 aromatic rings. The van der Waals surface area contributed by atoms with Gasteiger partial charge in [-0.1, -0.05) is 20.8 Å². The standard InChI is InChI=1S/C16H19F4NO3/c1-4-7-24-15(23)13(9(2)3)21-14(22)11-8-10(17)5-6-12(11)16(18,19)20/h5-6,8-9,13H,4,7H2,1-3H3,(H,21,22). The Kier molecular flexibility index (Phi) is 6.74. The molecule has 24 heavy (non-hydrogen) atoms. The van der Waals surface area contributed by atoms with Crippen LogP contribution in [0.5, 0.6) is 0 Å². The Hall–Kier alpha value is -2.12. The van der Waals surface area contributed by atoms with E-state index >= 15 is 0 Å². The maximum Gasteiger partial charge on any atom is 0.417 e.